The van der Waals surface area contributed by atoms with Gasteiger partial charge in [-0.1, -0.05) is 32.0 Å². The minimum absolute atomic E-state index is 0.0784. The molecule has 3 aromatic rings. The van der Waals surface area contributed by atoms with Crippen LogP contribution < -0.4 is 9.64 Å². The maximum Gasteiger partial charge on any atom is 0.123 e. The molecule has 0 bridgehead atoms. The van der Waals surface area contributed by atoms with E-state index in [1.807, 2.05) is 36.4 Å². The molecule has 4 rings (SSSR count). The van der Waals surface area contributed by atoms with Crippen LogP contribution in [0.1, 0.15) is 36.6 Å². The van der Waals surface area contributed by atoms with Gasteiger partial charge in [0.25, 0.3) is 0 Å². The number of anilines is 1. The first-order valence-corrected chi connectivity index (χ1v) is 12.8. The van der Waals surface area contributed by atoms with Crippen LogP contribution in [0.5, 0.6) is 11.5 Å². The summed E-state index contributed by atoms with van der Waals surface area (Å²) < 4.78 is 19.6. The van der Waals surface area contributed by atoms with Crippen LogP contribution in [0.4, 0.5) is 10.1 Å². The van der Waals surface area contributed by atoms with E-state index in [0.29, 0.717) is 19.1 Å². The lowest BCUT2D eigenvalue weighted by atomic mass is 9.88. The smallest absolute Gasteiger partial charge is 0.123 e. The first kappa shape index (κ1) is 26.0. The normalized spacial score (nSPS) is 15.4. The number of halogens is 1. The van der Waals surface area contributed by atoms with Gasteiger partial charge in [-0.15, -0.1) is 0 Å². The van der Waals surface area contributed by atoms with Gasteiger partial charge >= 0.3 is 0 Å². The summed E-state index contributed by atoms with van der Waals surface area (Å²) in [6.07, 6.45) is 1.61. The summed E-state index contributed by atoms with van der Waals surface area (Å²) in [6.45, 7) is 8.25. The van der Waals surface area contributed by atoms with Crippen molar-refractivity contribution in [2.45, 2.75) is 32.7 Å². The lowest BCUT2D eigenvalue weighted by Gasteiger charge is -2.39. The molecule has 3 aromatic carbocycles. The molecule has 6 heteroatoms. The molecule has 0 saturated heterocycles. The highest BCUT2D eigenvalue weighted by Crippen LogP contribution is 2.37. The second-order valence-corrected chi connectivity index (χ2v) is 9.93. The third-order valence-electron chi connectivity index (χ3n) is 6.71. The summed E-state index contributed by atoms with van der Waals surface area (Å²) in [7, 11) is 0. The van der Waals surface area contributed by atoms with Gasteiger partial charge in [-0.2, -0.15) is 0 Å². The fourth-order valence-corrected chi connectivity index (χ4v) is 5.05. The van der Waals surface area contributed by atoms with E-state index in [1.54, 1.807) is 6.07 Å². The molecule has 1 unspecified atom stereocenters. The summed E-state index contributed by atoms with van der Waals surface area (Å²) in [5.74, 6) is 1.42. The number of hydrogen-bond donors (Lipinski definition) is 2. The monoisotopic (exact) mass is 492 g/mol. The molecule has 0 amide bonds. The number of phenols is 1. The molecule has 0 fully saturated rings. The van der Waals surface area contributed by atoms with Crippen LogP contribution >= 0.6 is 0 Å². The molecule has 2 N–H and O–H groups in total. The Bertz CT molecular complexity index is 1100. The molecule has 0 aromatic heterocycles. The average molecular weight is 493 g/mol. The van der Waals surface area contributed by atoms with Crippen molar-refractivity contribution in [1.82, 2.24) is 4.90 Å². The zero-order valence-electron chi connectivity index (χ0n) is 21.2. The maximum absolute atomic E-state index is 13.6. The quantitative estimate of drug-likeness (QED) is 0.385. The van der Waals surface area contributed by atoms with E-state index >= 15 is 0 Å². The number of phenolic OH excluding ortho intramolecular Hbond substituents is 1. The van der Waals surface area contributed by atoms with Crippen LogP contribution in [-0.4, -0.2) is 54.5 Å². The van der Waals surface area contributed by atoms with Crippen molar-refractivity contribution in [2.24, 2.45) is 5.92 Å². The third kappa shape index (κ3) is 6.77. The lowest BCUT2D eigenvalue weighted by Crippen LogP contribution is -2.36. The molecule has 0 radical (unpaired) electrons. The largest absolute Gasteiger partial charge is 0.508 e. The number of aliphatic hydroxyl groups is 1. The number of aromatic hydroxyl groups is 1. The predicted molar refractivity (Wildman–Crippen MR) is 142 cm³/mol. The number of benzene rings is 3. The first-order valence-electron chi connectivity index (χ1n) is 12.8. The zero-order valence-corrected chi connectivity index (χ0v) is 21.2. The molecule has 5 nitrogen and oxygen atoms in total. The number of hydrogen-bond acceptors (Lipinski definition) is 5. The minimum Gasteiger partial charge on any atom is -0.508 e. The number of nitrogens with zero attached hydrogens (tertiary/aromatic N) is 2. The maximum atomic E-state index is 13.6. The van der Waals surface area contributed by atoms with Gasteiger partial charge in [-0.3, -0.25) is 4.90 Å². The molecule has 36 heavy (non-hydrogen) atoms. The van der Waals surface area contributed by atoms with E-state index < -0.39 is 0 Å². The Morgan fingerprint density at radius 1 is 1.03 bits per heavy atom. The van der Waals surface area contributed by atoms with Gasteiger partial charge in [-0.25, -0.2) is 4.39 Å². The Labute approximate surface area is 213 Å². The van der Waals surface area contributed by atoms with Crippen molar-refractivity contribution in [1.29, 1.82) is 0 Å². The Morgan fingerprint density at radius 2 is 1.78 bits per heavy atom. The Morgan fingerprint density at radius 3 is 2.47 bits per heavy atom. The predicted octanol–water partition coefficient (Wildman–Crippen LogP) is 5.21. The first-order chi connectivity index (χ1) is 17.4. The molecule has 1 heterocycles. The molecular formula is C30H37FN2O3. The third-order valence-corrected chi connectivity index (χ3v) is 6.71. The van der Waals surface area contributed by atoms with Gasteiger partial charge in [0.05, 0.1) is 12.6 Å². The number of rotatable bonds is 11. The zero-order chi connectivity index (χ0) is 25.5. The Balaban J connectivity index is 1.45. The Hall–Kier alpha value is -3.09. The van der Waals surface area contributed by atoms with Crippen LogP contribution in [0.15, 0.2) is 66.7 Å². The van der Waals surface area contributed by atoms with Crippen LogP contribution in [0, 0.1) is 11.7 Å². The van der Waals surface area contributed by atoms with Gasteiger partial charge < -0.3 is 19.8 Å². The highest BCUT2D eigenvalue weighted by Gasteiger charge is 2.28. The number of aliphatic hydroxyl groups excluding tert-OH is 1. The summed E-state index contributed by atoms with van der Waals surface area (Å²) in [5.41, 5.74) is 4.53. The van der Waals surface area contributed by atoms with Gasteiger partial charge in [0, 0.05) is 31.9 Å². The molecule has 192 valence electrons. The summed E-state index contributed by atoms with van der Waals surface area (Å²) in [5, 5.41) is 19.3. The molecule has 1 atom stereocenters. The SMILES string of the molecule is CC(C)CN(CCO)CCOc1ccc(CC2c3ccc(O)cc3CCN2c2ccc(F)cc2)cc1. The van der Waals surface area contributed by atoms with Gasteiger partial charge in [-0.05, 0) is 84.0 Å². The topological polar surface area (TPSA) is 56.2 Å². The number of ether oxygens (including phenoxy) is 1. The van der Waals surface area contributed by atoms with E-state index in [9.17, 15) is 14.6 Å². The van der Waals surface area contributed by atoms with Crippen molar-refractivity contribution in [2.75, 3.05) is 44.3 Å². The molecular weight excluding hydrogens is 455 g/mol. The van der Waals surface area contributed by atoms with Crippen LogP contribution in [0.2, 0.25) is 0 Å². The minimum atomic E-state index is -0.239. The summed E-state index contributed by atoms with van der Waals surface area (Å²) in [4.78, 5) is 4.55. The van der Waals surface area contributed by atoms with E-state index in [4.69, 9.17) is 4.74 Å². The Kier molecular flexibility index (Phi) is 8.83. The second-order valence-electron chi connectivity index (χ2n) is 9.93. The summed E-state index contributed by atoms with van der Waals surface area (Å²) >= 11 is 0. The molecule has 0 aliphatic carbocycles. The summed E-state index contributed by atoms with van der Waals surface area (Å²) in [6, 6.07) is 20.6. The highest BCUT2D eigenvalue weighted by atomic mass is 19.1. The van der Waals surface area contributed by atoms with Crippen LogP contribution in [-0.2, 0) is 12.8 Å². The average Bonchev–Trinajstić information content (AvgIpc) is 2.85. The fourth-order valence-electron chi connectivity index (χ4n) is 5.05. The number of fused-ring (bicyclic) bond motifs is 1. The fraction of sp³-hybridized carbons (Fsp3) is 0.400. The van der Waals surface area contributed by atoms with E-state index in [2.05, 4.69) is 35.8 Å². The van der Waals surface area contributed by atoms with Crippen molar-refractivity contribution >= 4 is 5.69 Å². The van der Waals surface area contributed by atoms with Crippen molar-refractivity contribution in [3.63, 3.8) is 0 Å². The van der Waals surface area contributed by atoms with Crippen molar-refractivity contribution < 1.29 is 19.3 Å². The molecule has 0 saturated carbocycles. The van der Waals surface area contributed by atoms with Crippen molar-refractivity contribution in [3.8, 4) is 11.5 Å². The molecule has 0 spiro atoms. The highest BCUT2D eigenvalue weighted by molar-refractivity contribution is 5.53. The van der Waals surface area contributed by atoms with Gasteiger partial charge in [0.2, 0.25) is 0 Å². The standard InChI is InChI=1S/C30H37FN2O3/c1-22(2)21-32(15-17-34)16-18-36-28-10-3-23(4-11-28)19-30-29-12-9-27(35)20-24(29)13-14-33(30)26-7-5-25(31)6-8-26/h3-12,20,22,30,34-35H,13-19,21H2,1-2H3. The van der Waals surface area contributed by atoms with E-state index in [1.165, 1.54) is 23.3 Å². The van der Waals surface area contributed by atoms with E-state index in [0.717, 1.165) is 49.5 Å². The van der Waals surface area contributed by atoms with E-state index in [-0.39, 0.29) is 24.2 Å². The molecule has 1 aliphatic rings. The van der Waals surface area contributed by atoms with Crippen molar-refractivity contribution in [3.05, 3.63) is 89.2 Å². The van der Waals surface area contributed by atoms with Crippen LogP contribution in [0.3, 0.4) is 0 Å². The van der Waals surface area contributed by atoms with Crippen LogP contribution in [0.25, 0.3) is 0 Å². The second kappa shape index (κ2) is 12.2. The lowest BCUT2D eigenvalue weighted by molar-refractivity contribution is 0.156. The van der Waals surface area contributed by atoms with Gasteiger partial charge in [0.15, 0.2) is 0 Å². The molecule has 1 aliphatic heterocycles. The van der Waals surface area contributed by atoms with Gasteiger partial charge in [0.1, 0.15) is 23.9 Å².